The molecule has 5 heteroatoms. The second-order valence-corrected chi connectivity index (χ2v) is 3.73. The van der Waals surface area contributed by atoms with Crippen LogP contribution in [0.25, 0.3) is 10.9 Å². The summed E-state index contributed by atoms with van der Waals surface area (Å²) in [4.78, 5) is 3.92. The predicted molar refractivity (Wildman–Crippen MR) is 58.0 cm³/mol. The van der Waals surface area contributed by atoms with Crippen molar-refractivity contribution in [2.45, 2.75) is 6.92 Å². The van der Waals surface area contributed by atoms with Gasteiger partial charge in [-0.1, -0.05) is 11.6 Å². The van der Waals surface area contributed by atoms with E-state index < -0.39 is 17.4 Å². The zero-order valence-electron chi connectivity index (χ0n) is 8.64. The van der Waals surface area contributed by atoms with Gasteiger partial charge in [-0.15, -0.1) is 0 Å². The van der Waals surface area contributed by atoms with Crippen LogP contribution < -0.4 is 4.74 Å². The normalized spacial score (nSPS) is 10.8. The highest BCUT2D eigenvalue weighted by atomic mass is 35.5. The van der Waals surface area contributed by atoms with Crippen LogP contribution in [0.4, 0.5) is 8.78 Å². The van der Waals surface area contributed by atoms with Gasteiger partial charge in [0.05, 0.1) is 23.0 Å². The van der Waals surface area contributed by atoms with Gasteiger partial charge in [0, 0.05) is 12.3 Å². The van der Waals surface area contributed by atoms with E-state index in [9.17, 15) is 8.78 Å². The highest BCUT2D eigenvalue weighted by Crippen LogP contribution is 2.34. The summed E-state index contributed by atoms with van der Waals surface area (Å²) < 4.78 is 31.9. The van der Waals surface area contributed by atoms with E-state index in [1.165, 1.54) is 13.3 Å². The quantitative estimate of drug-likeness (QED) is 0.765. The molecule has 0 atom stereocenters. The first kappa shape index (κ1) is 11.1. The Balaban J connectivity index is 2.95. The number of aromatic nitrogens is 1. The minimum absolute atomic E-state index is 0.0833. The number of fused-ring (bicyclic) bond motifs is 1. The second kappa shape index (κ2) is 3.87. The van der Waals surface area contributed by atoms with Crippen LogP contribution in [0.2, 0.25) is 5.02 Å². The zero-order valence-corrected chi connectivity index (χ0v) is 9.40. The minimum atomic E-state index is -0.821. The Hall–Kier alpha value is -1.42. The van der Waals surface area contributed by atoms with Gasteiger partial charge in [0.25, 0.3) is 0 Å². The lowest BCUT2D eigenvalue weighted by atomic mass is 10.1. The van der Waals surface area contributed by atoms with Crippen molar-refractivity contribution in [1.82, 2.24) is 4.98 Å². The number of benzene rings is 1. The summed E-state index contributed by atoms with van der Waals surface area (Å²) in [7, 11) is 1.20. The molecule has 84 valence electrons. The number of pyridine rings is 1. The first-order valence-electron chi connectivity index (χ1n) is 4.53. The summed E-state index contributed by atoms with van der Waals surface area (Å²) in [5.74, 6) is -2.06. The number of methoxy groups -OCH3 is 1. The van der Waals surface area contributed by atoms with E-state index in [1.807, 2.05) is 0 Å². The third-order valence-electron chi connectivity index (χ3n) is 2.32. The Labute approximate surface area is 95.8 Å². The largest absolute Gasteiger partial charge is 0.491 e. The maximum Gasteiger partial charge on any atom is 0.191 e. The van der Waals surface area contributed by atoms with Gasteiger partial charge in [0.1, 0.15) is 0 Å². The number of hydrogen-bond donors (Lipinski definition) is 0. The van der Waals surface area contributed by atoms with Gasteiger partial charge in [0.15, 0.2) is 17.4 Å². The molecule has 0 fully saturated rings. The predicted octanol–water partition coefficient (Wildman–Crippen LogP) is 3.48. The summed E-state index contributed by atoms with van der Waals surface area (Å²) in [5, 5.41) is 0.306. The summed E-state index contributed by atoms with van der Waals surface area (Å²) >= 11 is 5.95. The van der Waals surface area contributed by atoms with Crippen LogP contribution in [0.15, 0.2) is 12.3 Å². The van der Waals surface area contributed by atoms with Gasteiger partial charge in [-0.3, -0.25) is 4.98 Å². The molecule has 0 spiro atoms. The zero-order chi connectivity index (χ0) is 11.9. The standard InChI is InChI=1S/C11H8ClF2NO/c1-5-4-15-7-3-6(13)11(16-2)10(14)8(7)9(5)12/h3-4H,1-2H3. The van der Waals surface area contributed by atoms with Crippen molar-refractivity contribution in [3.8, 4) is 5.75 Å². The van der Waals surface area contributed by atoms with Gasteiger partial charge in [-0.05, 0) is 12.5 Å². The fraction of sp³-hybridized carbons (Fsp3) is 0.182. The molecule has 0 aliphatic heterocycles. The second-order valence-electron chi connectivity index (χ2n) is 3.35. The van der Waals surface area contributed by atoms with Crippen molar-refractivity contribution in [1.29, 1.82) is 0 Å². The van der Waals surface area contributed by atoms with Crippen molar-refractivity contribution >= 4 is 22.5 Å². The van der Waals surface area contributed by atoms with Crippen LogP contribution in [0.1, 0.15) is 5.56 Å². The van der Waals surface area contributed by atoms with E-state index in [-0.39, 0.29) is 15.9 Å². The van der Waals surface area contributed by atoms with E-state index in [0.717, 1.165) is 6.07 Å². The number of hydrogen-bond acceptors (Lipinski definition) is 2. The summed E-state index contributed by atoms with van der Waals surface area (Å²) in [6, 6.07) is 1.10. The van der Waals surface area contributed by atoms with Crippen molar-refractivity contribution in [3.63, 3.8) is 0 Å². The summed E-state index contributed by atoms with van der Waals surface area (Å²) in [6.07, 6.45) is 1.47. The number of halogens is 3. The van der Waals surface area contributed by atoms with Crippen molar-refractivity contribution in [3.05, 3.63) is 34.5 Å². The molecule has 0 aliphatic carbocycles. The van der Waals surface area contributed by atoms with Gasteiger partial charge >= 0.3 is 0 Å². The summed E-state index contributed by atoms with van der Waals surface area (Å²) in [6.45, 7) is 1.70. The lowest BCUT2D eigenvalue weighted by Gasteiger charge is -2.08. The average molecular weight is 244 g/mol. The molecule has 0 saturated heterocycles. The molecule has 0 N–H and O–H groups in total. The lowest BCUT2D eigenvalue weighted by Crippen LogP contribution is -1.96. The number of aryl methyl sites for hydroxylation is 1. The number of ether oxygens (including phenoxy) is 1. The van der Waals surface area contributed by atoms with Crippen LogP contribution in [0.5, 0.6) is 5.75 Å². The molecule has 2 rings (SSSR count). The molecule has 2 nitrogen and oxygen atoms in total. The number of rotatable bonds is 1. The Morgan fingerprint density at radius 2 is 2.06 bits per heavy atom. The van der Waals surface area contributed by atoms with Crippen LogP contribution in [0.3, 0.4) is 0 Å². The molecule has 0 bridgehead atoms. The Bertz CT molecular complexity index is 572. The molecule has 1 aromatic carbocycles. The Morgan fingerprint density at radius 3 is 2.69 bits per heavy atom. The van der Waals surface area contributed by atoms with Gasteiger partial charge in [0.2, 0.25) is 0 Å². The molecule has 2 aromatic rings. The van der Waals surface area contributed by atoms with E-state index in [1.54, 1.807) is 6.92 Å². The molecule has 0 radical (unpaired) electrons. The highest BCUT2D eigenvalue weighted by molar-refractivity contribution is 6.36. The van der Waals surface area contributed by atoms with Crippen LogP contribution in [0, 0.1) is 18.6 Å². The topological polar surface area (TPSA) is 22.1 Å². The van der Waals surface area contributed by atoms with Crippen LogP contribution in [-0.2, 0) is 0 Å². The number of nitrogens with zero attached hydrogens (tertiary/aromatic N) is 1. The van der Waals surface area contributed by atoms with Gasteiger partial charge in [-0.2, -0.15) is 0 Å². The first-order chi connectivity index (χ1) is 7.56. The van der Waals surface area contributed by atoms with E-state index in [4.69, 9.17) is 11.6 Å². The maximum absolute atomic E-state index is 13.9. The van der Waals surface area contributed by atoms with Gasteiger partial charge in [-0.25, -0.2) is 8.78 Å². The molecule has 0 unspecified atom stereocenters. The molecule has 16 heavy (non-hydrogen) atoms. The van der Waals surface area contributed by atoms with E-state index >= 15 is 0 Å². The minimum Gasteiger partial charge on any atom is -0.491 e. The lowest BCUT2D eigenvalue weighted by molar-refractivity contribution is 0.362. The molecular formula is C11H8ClF2NO. The third kappa shape index (κ3) is 1.50. The van der Waals surface area contributed by atoms with Crippen molar-refractivity contribution in [2.75, 3.05) is 7.11 Å². The monoisotopic (exact) mass is 243 g/mol. The molecule has 1 heterocycles. The fourth-order valence-electron chi connectivity index (χ4n) is 1.51. The van der Waals surface area contributed by atoms with Crippen LogP contribution >= 0.6 is 11.6 Å². The molecular weight excluding hydrogens is 236 g/mol. The summed E-state index contributed by atoms with van der Waals surface area (Å²) in [5.41, 5.74) is 0.799. The van der Waals surface area contributed by atoms with Crippen molar-refractivity contribution in [2.24, 2.45) is 0 Å². The smallest absolute Gasteiger partial charge is 0.191 e. The van der Waals surface area contributed by atoms with E-state index in [2.05, 4.69) is 9.72 Å². The van der Waals surface area contributed by atoms with Crippen LogP contribution in [-0.4, -0.2) is 12.1 Å². The Morgan fingerprint density at radius 1 is 1.38 bits per heavy atom. The molecule has 1 aromatic heterocycles. The maximum atomic E-state index is 13.9. The fourth-order valence-corrected chi connectivity index (χ4v) is 1.74. The SMILES string of the molecule is COc1c(F)cc2ncc(C)c(Cl)c2c1F. The first-order valence-corrected chi connectivity index (χ1v) is 4.91. The van der Waals surface area contributed by atoms with E-state index in [0.29, 0.717) is 5.56 Å². The van der Waals surface area contributed by atoms with Crippen molar-refractivity contribution < 1.29 is 13.5 Å². The van der Waals surface area contributed by atoms with Gasteiger partial charge < -0.3 is 4.74 Å². The average Bonchev–Trinajstić information content (AvgIpc) is 2.24. The molecule has 0 aliphatic rings. The highest BCUT2D eigenvalue weighted by Gasteiger charge is 2.18. The molecule has 0 amide bonds. The third-order valence-corrected chi connectivity index (χ3v) is 2.81. The Kier molecular flexibility index (Phi) is 2.68. The molecule has 0 saturated carbocycles.